The van der Waals surface area contributed by atoms with E-state index in [0.29, 0.717) is 0 Å². The number of hydrogen-bond donors (Lipinski definition) is 2. The van der Waals surface area contributed by atoms with E-state index in [0.717, 1.165) is 18.5 Å². The van der Waals surface area contributed by atoms with E-state index >= 15 is 0 Å². The molecule has 0 aromatic carbocycles. The van der Waals surface area contributed by atoms with Crippen molar-refractivity contribution in [1.29, 1.82) is 0 Å². The Morgan fingerprint density at radius 3 is 2.93 bits per heavy atom. The van der Waals surface area contributed by atoms with Gasteiger partial charge in [0.25, 0.3) is 5.91 Å². The number of nitrogens with one attached hydrogen (secondary N) is 1. The number of primary amides is 1. The summed E-state index contributed by atoms with van der Waals surface area (Å²) in [5.41, 5.74) is 4.35. The third-order valence-electron chi connectivity index (χ3n) is 1.96. The van der Waals surface area contributed by atoms with Crippen LogP contribution in [0, 0.1) is 5.82 Å². The van der Waals surface area contributed by atoms with Gasteiger partial charge in [0, 0.05) is 6.20 Å². The van der Waals surface area contributed by atoms with Gasteiger partial charge in [-0.15, -0.1) is 0 Å². The highest BCUT2D eigenvalue weighted by Gasteiger charge is 2.10. The third-order valence-corrected chi connectivity index (χ3v) is 1.96. The molecular weight excluding hydrogens is 201 g/mol. The molecule has 2 rings (SSSR count). The number of aromatic nitrogens is 2. The number of hydrogen-bond acceptors (Lipinski definition) is 3. The number of nitrogens with zero attached hydrogens (tertiary/aromatic N) is 1. The van der Waals surface area contributed by atoms with Crippen LogP contribution in [0.1, 0.15) is 10.4 Å². The van der Waals surface area contributed by atoms with Crippen molar-refractivity contribution in [3.05, 3.63) is 40.1 Å². The van der Waals surface area contributed by atoms with Gasteiger partial charge in [0.05, 0.1) is 11.6 Å². The zero-order chi connectivity index (χ0) is 11.0. The zero-order valence-electron chi connectivity index (χ0n) is 7.45. The SMILES string of the molecule is NC(=O)c1c[nH]c2ncc(F)cc2c1=O. The van der Waals surface area contributed by atoms with E-state index in [1.807, 2.05) is 0 Å². The molecule has 76 valence electrons. The molecule has 1 amide bonds. The largest absolute Gasteiger partial charge is 0.365 e. The van der Waals surface area contributed by atoms with Crippen LogP contribution in [0.15, 0.2) is 23.3 Å². The molecule has 0 aliphatic heterocycles. The second kappa shape index (κ2) is 3.16. The van der Waals surface area contributed by atoms with E-state index in [9.17, 15) is 14.0 Å². The van der Waals surface area contributed by atoms with Crippen molar-refractivity contribution >= 4 is 16.9 Å². The molecule has 0 saturated carbocycles. The minimum atomic E-state index is -0.859. The van der Waals surface area contributed by atoms with Crippen molar-refractivity contribution in [3.8, 4) is 0 Å². The van der Waals surface area contributed by atoms with Crippen LogP contribution in [0.3, 0.4) is 0 Å². The first-order chi connectivity index (χ1) is 7.09. The van der Waals surface area contributed by atoms with Crippen molar-refractivity contribution in [2.45, 2.75) is 0 Å². The van der Waals surface area contributed by atoms with Gasteiger partial charge in [-0.2, -0.15) is 0 Å². The number of rotatable bonds is 1. The Balaban J connectivity index is 2.89. The lowest BCUT2D eigenvalue weighted by Gasteiger charge is -1.98. The molecule has 2 aromatic heterocycles. The standard InChI is InChI=1S/C9H6FN3O2/c10-4-1-5-7(14)6(8(11)15)3-13-9(5)12-2-4/h1-3H,(H2,11,15)(H,12,13,14). The molecule has 3 N–H and O–H groups in total. The molecule has 0 unspecified atom stereocenters. The molecule has 0 saturated heterocycles. The fourth-order valence-corrected chi connectivity index (χ4v) is 1.26. The summed E-state index contributed by atoms with van der Waals surface area (Å²) in [5, 5.41) is 0.00583. The highest BCUT2D eigenvalue weighted by atomic mass is 19.1. The fourth-order valence-electron chi connectivity index (χ4n) is 1.26. The lowest BCUT2D eigenvalue weighted by atomic mass is 10.2. The first-order valence-corrected chi connectivity index (χ1v) is 4.06. The highest BCUT2D eigenvalue weighted by Crippen LogP contribution is 2.06. The van der Waals surface area contributed by atoms with Gasteiger partial charge >= 0.3 is 0 Å². The molecule has 0 bridgehead atoms. The Morgan fingerprint density at radius 1 is 1.53 bits per heavy atom. The summed E-state index contributed by atoms with van der Waals surface area (Å²) in [7, 11) is 0. The number of H-pyrrole nitrogens is 1. The summed E-state index contributed by atoms with van der Waals surface area (Å²) in [6.45, 7) is 0. The Labute approximate surface area is 82.7 Å². The molecule has 0 aliphatic carbocycles. The Hall–Kier alpha value is -2.24. The van der Waals surface area contributed by atoms with Gasteiger partial charge in [-0.05, 0) is 6.07 Å². The van der Waals surface area contributed by atoms with Crippen LogP contribution in [-0.4, -0.2) is 15.9 Å². The predicted molar refractivity (Wildman–Crippen MR) is 50.8 cm³/mol. The quantitative estimate of drug-likeness (QED) is 0.698. The third kappa shape index (κ3) is 1.45. The lowest BCUT2D eigenvalue weighted by molar-refractivity contribution is 0.0999. The number of carbonyl (C=O) groups excluding carboxylic acids is 1. The number of aromatic amines is 1. The Bertz CT molecular complexity index is 606. The Morgan fingerprint density at radius 2 is 2.27 bits per heavy atom. The monoisotopic (exact) mass is 207 g/mol. The average molecular weight is 207 g/mol. The summed E-state index contributed by atoms with van der Waals surface area (Å²) in [5.74, 6) is -1.50. The van der Waals surface area contributed by atoms with Crippen LogP contribution in [-0.2, 0) is 0 Å². The molecule has 2 aromatic rings. The van der Waals surface area contributed by atoms with Crippen LogP contribution in [0.25, 0.3) is 11.0 Å². The topological polar surface area (TPSA) is 88.8 Å². The summed E-state index contributed by atoms with van der Waals surface area (Å²) >= 11 is 0. The van der Waals surface area contributed by atoms with Crippen LogP contribution in [0.5, 0.6) is 0 Å². The summed E-state index contributed by atoms with van der Waals surface area (Å²) in [4.78, 5) is 28.7. The van der Waals surface area contributed by atoms with E-state index < -0.39 is 17.2 Å². The number of carbonyl (C=O) groups is 1. The maximum Gasteiger partial charge on any atom is 0.254 e. The van der Waals surface area contributed by atoms with E-state index in [1.54, 1.807) is 0 Å². The van der Waals surface area contributed by atoms with Gasteiger partial charge in [-0.1, -0.05) is 0 Å². The smallest absolute Gasteiger partial charge is 0.254 e. The normalized spacial score (nSPS) is 10.5. The minimum absolute atomic E-state index is 0.00583. The van der Waals surface area contributed by atoms with Gasteiger partial charge in [-0.25, -0.2) is 9.37 Å². The molecule has 15 heavy (non-hydrogen) atoms. The summed E-state index contributed by atoms with van der Waals surface area (Å²) in [6, 6.07) is 1.01. The lowest BCUT2D eigenvalue weighted by Crippen LogP contribution is -2.22. The first-order valence-electron chi connectivity index (χ1n) is 4.06. The number of fused-ring (bicyclic) bond motifs is 1. The summed E-state index contributed by atoms with van der Waals surface area (Å²) in [6.07, 6.45) is 2.14. The van der Waals surface area contributed by atoms with Crippen LogP contribution < -0.4 is 11.2 Å². The van der Waals surface area contributed by atoms with Crippen LogP contribution in [0.2, 0.25) is 0 Å². The Kier molecular flexibility index (Phi) is 1.96. The van der Waals surface area contributed by atoms with Gasteiger partial charge in [0.15, 0.2) is 0 Å². The van der Waals surface area contributed by atoms with E-state index in [1.165, 1.54) is 0 Å². The molecule has 6 heteroatoms. The van der Waals surface area contributed by atoms with Gasteiger partial charge in [-0.3, -0.25) is 9.59 Å². The van der Waals surface area contributed by atoms with Crippen molar-refractivity contribution in [2.24, 2.45) is 5.73 Å². The second-order valence-corrected chi connectivity index (χ2v) is 2.95. The van der Waals surface area contributed by atoms with Gasteiger partial charge in [0.1, 0.15) is 17.0 Å². The number of amides is 1. The van der Waals surface area contributed by atoms with E-state index in [4.69, 9.17) is 5.73 Å². The van der Waals surface area contributed by atoms with E-state index in [2.05, 4.69) is 9.97 Å². The molecule has 5 nitrogen and oxygen atoms in total. The van der Waals surface area contributed by atoms with Crippen molar-refractivity contribution in [1.82, 2.24) is 9.97 Å². The molecule has 0 atom stereocenters. The first kappa shape index (κ1) is 9.32. The van der Waals surface area contributed by atoms with Crippen LogP contribution in [0.4, 0.5) is 4.39 Å². The van der Waals surface area contributed by atoms with Crippen molar-refractivity contribution in [2.75, 3.05) is 0 Å². The number of halogens is 1. The van der Waals surface area contributed by atoms with E-state index in [-0.39, 0.29) is 16.6 Å². The van der Waals surface area contributed by atoms with Gasteiger partial charge in [0.2, 0.25) is 5.43 Å². The molecule has 0 fully saturated rings. The fraction of sp³-hybridized carbons (Fsp3) is 0. The molecule has 0 spiro atoms. The van der Waals surface area contributed by atoms with Crippen molar-refractivity contribution in [3.63, 3.8) is 0 Å². The molecular formula is C9H6FN3O2. The average Bonchev–Trinajstić information content (AvgIpc) is 2.19. The summed E-state index contributed by atoms with van der Waals surface area (Å²) < 4.78 is 12.8. The minimum Gasteiger partial charge on any atom is -0.365 e. The molecule has 2 heterocycles. The number of pyridine rings is 2. The second-order valence-electron chi connectivity index (χ2n) is 2.95. The molecule has 0 aliphatic rings. The number of nitrogens with two attached hydrogens (primary N) is 1. The maximum atomic E-state index is 12.8. The van der Waals surface area contributed by atoms with Crippen LogP contribution >= 0.6 is 0 Å². The predicted octanol–water partition coefficient (Wildman–Crippen LogP) is 0.161. The van der Waals surface area contributed by atoms with Crippen molar-refractivity contribution < 1.29 is 9.18 Å². The van der Waals surface area contributed by atoms with Gasteiger partial charge < -0.3 is 10.7 Å². The highest BCUT2D eigenvalue weighted by molar-refractivity contribution is 5.95. The maximum absolute atomic E-state index is 12.8. The molecule has 0 radical (unpaired) electrons. The zero-order valence-corrected chi connectivity index (χ0v) is 7.45.